The Hall–Kier alpha value is -2.91. The molecule has 0 aliphatic rings. The minimum atomic E-state index is -0.157. The molecule has 0 amide bonds. The molecule has 3 aromatic rings. The molecule has 3 rings (SSSR count). The molecule has 1 unspecified atom stereocenters. The molecule has 1 N–H and O–H groups in total. The van der Waals surface area contributed by atoms with Crippen LogP contribution in [0.3, 0.4) is 0 Å². The third-order valence-corrected chi connectivity index (χ3v) is 4.70. The molecule has 0 saturated carbocycles. The van der Waals surface area contributed by atoms with E-state index in [1.54, 1.807) is 0 Å². The zero-order valence-electron chi connectivity index (χ0n) is 16.3. The molecule has 0 heterocycles. The number of nitrogens with one attached hydrogen (secondary N) is 1. The molecule has 0 bridgehead atoms. The van der Waals surface area contributed by atoms with Crippen LogP contribution in [0, 0.1) is 0 Å². The van der Waals surface area contributed by atoms with E-state index in [0.29, 0.717) is 19.6 Å². The quantitative estimate of drug-likeness (QED) is 0.536. The zero-order valence-corrected chi connectivity index (χ0v) is 16.3. The Morgan fingerprint density at radius 1 is 0.821 bits per heavy atom. The van der Waals surface area contributed by atoms with Gasteiger partial charge in [0, 0.05) is 12.6 Å². The standard InChI is InChI=1S/C25H27NO2/c1-2-28-25(27)18-24(17-20-9-5-3-6-10-20)26-19-21-13-15-23(16-14-21)22-11-7-4-8-12-22/h3-16,24,26H,2,17-19H2,1H3. The maximum absolute atomic E-state index is 12.0. The number of esters is 1. The summed E-state index contributed by atoms with van der Waals surface area (Å²) in [6.07, 6.45) is 1.16. The summed E-state index contributed by atoms with van der Waals surface area (Å²) in [5.74, 6) is -0.157. The van der Waals surface area contributed by atoms with E-state index in [-0.39, 0.29) is 12.0 Å². The number of hydrogen-bond acceptors (Lipinski definition) is 3. The minimum absolute atomic E-state index is 0.0373. The van der Waals surface area contributed by atoms with Gasteiger partial charge in [0.15, 0.2) is 0 Å². The molecule has 3 nitrogen and oxygen atoms in total. The first-order valence-corrected chi connectivity index (χ1v) is 9.82. The minimum Gasteiger partial charge on any atom is -0.466 e. The number of benzene rings is 3. The number of rotatable bonds is 9. The fourth-order valence-corrected chi connectivity index (χ4v) is 3.24. The molecular weight excluding hydrogens is 346 g/mol. The van der Waals surface area contributed by atoms with Crippen LogP contribution in [0.25, 0.3) is 11.1 Å². The van der Waals surface area contributed by atoms with Crippen LogP contribution in [0.15, 0.2) is 84.9 Å². The molecule has 144 valence electrons. The summed E-state index contributed by atoms with van der Waals surface area (Å²) in [7, 11) is 0. The van der Waals surface area contributed by atoms with E-state index in [1.807, 2.05) is 43.3 Å². The average molecular weight is 373 g/mol. The Bertz CT molecular complexity index is 845. The van der Waals surface area contributed by atoms with E-state index in [4.69, 9.17) is 4.74 Å². The third-order valence-electron chi connectivity index (χ3n) is 4.70. The van der Waals surface area contributed by atoms with Crippen molar-refractivity contribution in [2.45, 2.75) is 32.4 Å². The van der Waals surface area contributed by atoms with Crippen LogP contribution in [-0.2, 0) is 22.5 Å². The van der Waals surface area contributed by atoms with Crippen molar-refractivity contribution in [1.29, 1.82) is 0 Å². The molecule has 0 saturated heterocycles. The number of carbonyl (C=O) groups excluding carboxylic acids is 1. The van der Waals surface area contributed by atoms with Gasteiger partial charge in [-0.2, -0.15) is 0 Å². The van der Waals surface area contributed by atoms with Crippen LogP contribution in [-0.4, -0.2) is 18.6 Å². The first kappa shape index (κ1) is 19.8. The molecule has 1 atom stereocenters. The predicted octanol–water partition coefficient (Wildman–Crippen LogP) is 5.01. The first-order chi connectivity index (χ1) is 13.7. The maximum atomic E-state index is 12.0. The molecule has 3 aromatic carbocycles. The fourth-order valence-electron chi connectivity index (χ4n) is 3.24. The van der Waals surface area contributed by atoms with Crippen molar-refractivity contribution in [2.24, 2.45) is 0 Å². The molecule has 0 spiro atoms. The highest BCUT2D eigenvalue weighted by molar-refractivity contribution is 5.70. The van der Waals surface area contributed by atoms with E-state index in [2.05, 4.69) is 53.8 Å². The van der Waals surface area contributed by atoms with Gasteiger partial charge in [-0.15, -0.1) is 0 Å². The highest BCUT2D eigenvalue weighted by atomic mass is 16.5. The van der Waals surface area contributed by atoms with Gasteiger partial charge >= 0.3 is 5.97 Å². The Morgan fingerprint density at radius 3 is 2.07 bits per heavy atom. The van der Waals surface area contributed by atoms with Gasteiger partial charge in [0.2, 0.25) is 0 Å². The molecule has 0 aromatic heterocycles. The number of carbonyl (C=O) groups is 1. The number of hydrogen-bond donors (Lipinski definition) is 1. The van der Waals surface area contributed by atoms with Gasteiger partial charge in [0.1, 0.15) is 0 Å². The van der Waals surface area contributed by atoms with Crippen LogP contribution < -0.4 is 5.32 Å². The van der Waals surface area contributed by atoms with E-state index >= 15 is 0 Å². The van der Waals surface area contributed by atoms with Gasteiger partial charge in [-0.1, -0.05) is 84.9 Å². The van der Waals surface area contributed by atoms with Crippen LogP contribution in [0.2, 0.25) is 0 Å². The van der Waals surface area contributed by atoms with Crippen molar-refractivity contribution in [3.63, 3.8) is 0 Å². The van der Waals surface area contributed by atoms with E-state index in [1.165, 1.54) is 22.3 Å². The van der Waals surface area contributed by atoms with Crippen LogP contribution in [0.1, 0.15) is 24.5 Å². The van der Waals surface area contributed by atoms with Crippen molar-refractivity contribution < 1.29 is 9.53 Å². The summed E-state index contributed by atoms with van der Waals surface area (Å²) in [4.78, 5) is 12.0. The fraction of sp³-hybridized carbons (Fsp3) is 0.240. The summed E-state index contributed by atoms with van der Waals surface area (Å²) in [5, 5.41) is 3.53. The predicted molar refractivity (Wildman–Crippen MR) is 114 cm³/mol. The molecular formula is C25H27NO2. The summed E-state index contributed by atoms with van der Waals surface area (Å²) in [6.45, 7) is 2.97. The summed E-state index contributed by atoms with van der Waals surface area (Å²) < 4.78 is 5.15. The van der Waals surface area contributed by atoms with E-state index in [9.17, 15) is 4.79 Å². The lowest BCUT2D eigenvalue weighted by Gasteiger charge is -2.18. The molecule has 0 radical (unpaired) electrons. The lowest BCUT2D eigenvalue weighted by atomic mass is 10.0. The molecule has 28 heavy (non-hydrogen) atoms. The number of ether oxygens (including phenoxy) is 1. The first-order valence-electron chi connectivity index (χ1n) is 9.82. The van der Waals surface area contributed by atoms with Gasteiger partial charge in [-0.3, -0.25) is 4.79 Å². The maximum Gasteiger partial charge on any atom is 0.307 e. The topological polar surface area (TPSA) is 38.3 Å². The van der Waals surface area contributed by atoms with Crippen LogP contribution >= 0.6 is 0 Å². The molecule has 0 aliphatic carbocycles. The highest BCUT2D eigenvalue weighted by Gasteiger charge is 2.15. The zero-order chi connectivity index (χ0) is 19.6. The smallest absolute Gasteiger partial charge is 0.307 e. The van der Waals surface area contributed by atoms with Crippen LogP contribution in [0.5, 0.6) is 0 Å². The Balaban J connectivity index is 1.62. The highest BCUT2D eigenvalue weighted by Crippen LogP contribution is 2.19. The normalized spacial score (nSPS) is 11.8. The summed E-state index contributed by atoms with van der Waals surface area (Å²) in [6, 6.07) is 29.2. The second-order valence-electron chi connectivity index (χ2n) is 6.84. The Morgan fingerprint density at radius 2 is 1.43 bits per heavy atom. The van der Waals surface area contributed by atoms with E-state index in [0.717, 1.165) is 6.42 Å². The average Bonchev–Trinajstić information content (AvgIpc) is 2.74. The summed E-state index contributed by atoms with van der Waals surface area (Å²) in [5.41, 5.74) is 4.83. The molecule has 3 heteroatoms. The van der Waals surface area contributed by atoms with E-state index < -0.39 is 0 Å². The van der Waals surface area contributed by atoms with Gasteiger partial charge in [-0.05, 0) is 35.6 Å². The van der Waals surface area contributed by atoms with Gasteiger partial charge < -0.3 is 10.1 Å². The SMILES string of the molecule is CCOC(=O)CC(Cc1ccccc1)NCc1ccc(-c2ccccc2)cc1. The van der Waals surface area contributed by atoms with Crippen molar-refractivity contribution in [2.75, 3.05) is 6.61 Å². The van der Waals surface area contributed by atoms with Gasteiger partial charge in [-0.25, -0.2) is 0 Å². The Labute approximate surface area is 167 Å². The van der Waals surface area contributed by atoms with Crippen molar-refractivity contribution in [3.05, 3.63) is 96.1 Å². The second-order valence-corrected chi connectivity index (χ2v) is 6.84. The van der Waals surface area contributed by atoms with Gasteiger partial charge in [0.25, 0.3) is 0 Å². The lowest BCUT2D eigenvalue weighted by Crippen LogP contribution is -2.33. The van der Waals surface area contributed by atoms with Gasteiger partial charge in [0.05, 0.1) is 13.0 Å². The second kappa shape index (κ2) is 10.4. The van der Waals surface area contributed by atoms with Crippen molar-refractivity contribution in [3.8, 4) is 11.1 Å². The largest absolute Gasteiger partial charge is 0.466 e. The van der Waals surface area contributed by atoms with Crippen LogP contribution in [0.4, 0.5) is 0 Å². The summed E-state index contributed by atoms with van der Waals surface area (Å²) >= 11 is 0. The molecule has 0 aliphatic heterocycles. The van der Waals surface area contributed by atoms with Crippen molar-refractivity contribution in [1.82, 2.24) is 5.32 Å². The van der Waals surface area contributed by atoms with Crippen molar-refractivity contribution >= 4 is 5.97 Å². The Kier molecular flexibility index (Phi) is 7.39. The lowest BCUT2D eigenvalue weighted by molar-refractivity contribution is -0.143. The monoisotopic (exact) mass is 373 g/mol. The molecule has 0 fully saturated rings. The third kappa shape index (κ3) is 6.07.